The van der Waals surface area contributed by atoms with Gasteiger partial charge in [-0.3, -0.25) is 0 Å². The number of hydrogen-bond donors (Lipinski definition) is 1. The number of carbonyl (C=O) groups is 1. The number of benzene rings is 2. The predicted molar refractivity (Wildman–Crippen MR) is 78.6 cm³/mol. The quantitative estimate of drug-likeness (QED) is 0.841. The van der Waals surface area contributed by atoms with E-state index >= 15 is 0 Å². The molecule has 0 radical (unpaired) electrons. The van der Waals surface area contributed by atoms with Gasteiger partial charge in [-0.25, -0.2) is 4.79 Å². The summed E-state index contributed by atoms with van der Waals surface area (Å²) in [5.41, 5.74) is 3.16. The summed E-state index contributed by atoms with van der Waals surface area (Å²) < 4.78 is 5.69. The maximum atomic E-state index is 10.4. The van der Waals surface area contributed by atoms with Crippen molar-refractivity contribution in [3.8, 4) is 5.75 Å². The van der Waals surface area contributed by atoms with Gasteiger partial charge in [-0.15, -0.1) is 0 Å². The van der Waals surface area contributed by atoms with E-state index in [4.69, 9.17) is 9.84 Å². The Morgan fingerprint density at radius 3 is 2.60 bits per heavy atom. The van der Waals surface area contributed by atoms with E-state index in [1.165, 1.54) is 5.56 Å². The molecule has 0 heterocycles. The highest BCUT2D eigenvalue weighted by molar-refractivity contribution is 5.85. The van der Waals surface area contributed by atoms with E-state index in [0.29, 0.717) is 6.61 Å². The minimum Gasteiger partial charge on any atom is -0.489 e. The molecule has 3 heteroatoms. The molecular formula is C17H16O3. The van der Waals surface area contributed by atoms with Crippen molar-refractivity contribution in [3.63, 3.8) is 0 Å². The Morgan fingerprint density at radius 2 is 1.95 bits per heavy atom. The van der Waals surface area contributed by atoms with Crippen LogP contribution in [0.15, 0.2) is 54.6 Å². The van der Waals surface area contributed by atoms with Crippen LogP contribution >= 0.6 is 0 Å². The van der Waals surface area contributed by atoms with Gasteiger partial charge in [0.15, 0.2) is 0 Å². The molecule has 1 N–H and O–H groups in total. The van der Waals surface area contributed by atoms with Gasteiger partial charge in [0, 0.05) is 6.08 Å². The molecule has 0 aliphatic carbocycles. The van der Waals surface area contributed by atoms with Gasteiger partial charge in [-0.2, -0.15) is 0 Å². The summed E-state index contributed by atoms with van der Waals surface area (Å²) in [6.07, 6.45) is 2.66. The first-order valence-electron chi connectivity index (χ1n) is 6.33. The fourth-order valence-corrected chi connectivity index (χ4v) is 1.81. The first-order valence-corrected chi connectivity index (χ1v) is 6.33. The van der Waals surface area contributed by atoms with Crippen molar-refractivity contribution in [2.75, 3.05) is 0 Å². The molecule has 20 heavy (non-hydrogen) atoms. The minimum atomic E-state index is -0.954. The topological polar surface area (TPSA) is 46.5 Å². The molecule has 0 atom stereocenters. The Morgan fingerprint density at radius 1 is 1.20 bits per heavy atom. The van der Waals surface area contributed by atoms with Gasteiger partial charge < -0.3 is 9.84 Å². The summed E-state index contributed by atoms with van der Waals surface area (Å²) in [6, 6.07) is 15.5. The van der Waals surface area contributed by atoms with Crippen LogP contribution < -0.4 is 4.74 Å². The standard InChI is InChI=1S/C17H16O3/c1-13-3-2-4-15(11-13)12-20-16-8-5-14(6-9-16)7-10-17(18)19/h2-11H,12H2,1H3,(H,18,19)/b10-7+. The molecule has 0 bridgehead atoms. The molecule has 3 nitrogen and oxygen atoms in total. The fourth-order valence-electron chi connectivity index (χ4n) is 1.81. The van der Waals surface area contributed by atoms with Gasteiger partial charge in [-0.05, 0) is 36.3 Å². The molecule has 102 valence electrons. The highest BCUT2D eigenvalue weighted by Crippen LogP contribution is 2.15. The third kappa shape index (κ3) is 4.28. The second-order valence-corrected chi connectivity index (χ2v) is 4.52. The molecule has 0 amide bonds. The average molecular weight is 268 g/mol. The van der Waals surface area contributed by atoms with Crippen LogP contribution in [0.1, 0.15) is 16.7 Å². The zero-order chi connectivity index (χ0) is 14.4. The van der Waals surface area contributed by atoms with Crippen molar-refractivity contribution in [2.24, 2.45) is 0 Å². The number of hydrogen-bond acceptors (Lipinski definition) is 2. The van der Waals surface area contributed by atoms with Crippen LogP contribution in [-0.2, 0) is 11.4 Å². The summed E-state index contributed by atoms with van der Waals surface area (Å²) >= 11 is 0. The van der Waals surface area contributed by atoms with Crippen molar-refractivity contribution in [3.05, 3.63) is 71.3 Å². The summed E-state index contributed by atoms with van der Waals surface area (Å²) in [7, 11) is 0. The largest absolute Gasteiger partial charge is 0.489 e. The monoisotopic (exact) mass is 268 g/mol. The van der Waals surface area contributed by atoms with E-state index in [-0.39, 0.29) is 0 Å². The maximum absolute atomic E-state index is 10.4. The van der Waals surface area contributed by atoms with Gasteiger partial charge in [0.2, 0.25) is 0 Å². The van der Waals surface area contributed by atoms with Crippen LogP contribution in [0, 0.1) is 6.92 Å². The van der Waals surface area contributed by atoms with Crippen LogP contribution in [0.4, 0.5) is 0 Å². The third-order valence-corrected chi connectivity index (χ3v) is 2.79. The molecule has 0 saturated carbocycles. The molecule has 0 aliphatic rings. The van der Waals surface area contributed by atoms with E-state index in [1.54, 1.807) is 6.08 Å². The number of carboxylic acids is 1. The van der Waals surface area contributed by atoms with Crippen LogP contribution in [0.3, 0.4) is 0 Å². The second kappa shape index (κ2) is 6.57. The Hall–Kier alpha value is -2.55. The van der Waals surface area contributed by atoms with Crippen LogP contribution in [0.5, 0.6) is 5.75 Å². The molecule has 0 fully saturated rings. The highest BCUT2D eigenvalue weighted by atomic mass is 16.5. The van der Waals surface area contributed by atoms with E-state index in [2.05, 4.69) is 6.07 Å². The lowest BCUT2D eigenvalue weighted by molar-refractivity contribution is -0.131. The summed E-state index contributed by atoms with van der Waals surface area (Å²) in [4.78, 5) is 10.4. The fraction of sp³-hybridized carbons (Fsp3) is 0.118. The Labute approximate surface area is 118 Å². The van der Waals surface area contributed by atoms with Crippen molar-refractivity contribution in [2.45, 2.75) is 13.5 Å². The molecule has 2 rings (SSSR count). The molecule has 0 aliphatic heterocycles. The maximum Gasteiger partial charge on any atom is 0.328 e. The smallest absolute Gasteiger partial charge is 0.328 e. The minimum absolute atomic E-state index is 0.520. The Kier molecular flexibility index (Phi) is 4.56. The SMILES string of the molecule is Cc1cccc(COc2ccc(/C=C/C(=O)O)cc2)c1. The van der Waals surface area contributed by atoms with Crippen molar-refractivity contribution < 1.29 is 14.6 Å². The molecular weight excluding hydrogens is 252 g/mol. The van der Waals surface area contributed by atoms with Crippen LogP contribution in [-0.4, -0.2) is 11.1 Å². The number of ether oxygens (including phenoxy) is 1. The molecule has 2 aromatic carbocycles. The summed E-state index contributed by atoms with van der Waals surface area (Å²) in [6.45, 7) is 2.57. The third-order valence-electron chi connectivity index (χ3n) is 2.79. The Bertz CT molecular complexity index is 612. The van der Waals surface area contributed by atoms with Gasteiger partial charge in [0.1, 0.15) is 12.4 Å². The van der Waals surface area contributed by atoms with E-state index in [0.717, 1.165) is 23.0 Å². The molecule has 0 aromatic heterocycles. The lowest BCUT2D eigenvalue weighted by Gasteiger charge is -2.07. The lowest BCUT2D eigenvalue weighted by atomic mass is 10.1. The Balaban J connectivity index is 1.95. The number of rotatable bonds is 5. The predicted octanol–water partition coefficient (Wildman–Crippen LogP) is 3.67. The zero-order valence-corrected chi connectivity index (χ0v) is 11.2. The first-order chi connectivity index (χ1) is 9.63. The van der Waals surface area contributed by atoms with Crippen LogP contribution in [0.2, 0.25) is 0 Å². The summed E-state index contributed by atoms with van der Waals surface area (Å²) in [5.74, 6) is -0.191. The molecule has 0 spiro atoms. The van der Waals surface area contributed by atoms with Gasteiger partial charge in [-0.1, -0.05) is 42.0 Å². The van der Waals surface area contributed by atoms with Gasteiger partial charge in [0.25, 0.3) is 0 Å². The first kappa shape index (κ1) is 13.9. The van der Waals surface area contributed by atoms with Crippen molar-refractivity contribution >= 4 is 12.0 Å². The number of aliphatic carboxylic acids is 1. The number of aryl methyl sites for hydroxylation is 1. The zero-order valence-electron chi connectivity index (χ0n) is 11.2. The average Bonchev–Trinajstić information content (AvgIpc) is 2.44. The van der Waals surface area contributed by atoms with E-state index in [1.807, 2.05) is 49.4 Å². The normalized spacial score (nSPS) is 10.7. The molecule has 2 aromatic rings. The van der Waals surface area contributed by atoms with Gasteiger partial charge >= 0.3 is 5.97 Å². The van der Waals surface area contributed by atoms with Gasteiger partial charge in [0.05, 0.1) is 0 Å². The van der Waals surface area contributed by atoms with Crippen molar-refractivity contribution in [1.82, 2.24) is 0 Å². The second-order valence-electron chi connectivity index (χ2n) is 4.52. The highest BCUT2D eigenvalue weighted by Gasteiger charge is 1.97. The van der Waals surface area contributed by atoms with Crippen molar-refractivity contribution in [1.29, 1.82) is 0 Å². The van der Waals surface area contributed by atoms with Crippen LogP contribution in [0.25, 0.3) is 6.08 Å². The summed E-state index contributed by atoms with van der Waals surface area (Å²) in [5, 5.41) is 8.55. The molecule has 0 saturated heterocycles. The van der Waals surface area contributed by atoms with E-state index in [9.17, 15) is 4.79 Å². The number of carboxylic acid groups (broad SMARTS) is 1. The van der Waals surface area contributed by atoms with E-state index < -0.39 is 5.97 Å². The lowest BCUT2D eigenvalue weighted by Crippen LogP contribution is -1.95. The molecule has 0 unspecified atom stereocenters.